The molecule has 0 saturated carbocycles. The second kappa shape index (κ2) is 13.2. The van der Waals surface area contributed by atoms with Crippen LogP contribution in [0.25, 0.3) is 11.1 Å². The molecule has 11 heteroatoms. The summed E-state index contributed by atoms with van der Waals surface area (Å²) < 4.78 is 42.9. The van der Waals surface area contributed by atoms with Gasteiger partial charge in [0.1, 0.15) is 11.9 Å². The number of nitrogens with zero attached hydrogens (tertiary/aromatic N) is 1. The average molecular weight is 643 g/mol. The number of hydrogen-bond acceptors (Lipinski definition) is 6. The van der Waals surface area contributed by atoms with Crippen molar-refractivity contribution in [3.63, 3.8) is 0 Å². The maximum Gasteiger partial charge on any atom is 0.264 e. The van der Waals surface area contributed by atoms with Gasteiger partial charge in [0.05, 0.1) is 11.4 Å². The number of anilines is 1. The third kappa shape index (κ3) is 7.67. The zero-order chi connectivity index (χ0) is 33.1. The molecule has 46 heavy (non-hydrogen) atoms. The molecule has 1 atom stereocenters. The number of benzene rings is 4. The van der Waals surface area contributed by atoms with Crippen LogP contribution in [0, 0.1) is 5.82 Å². The highest BCUT2D eigenvalue weighted by Crippen LogP contribution is 2.31. The first-order chi connectivity index (χ1) is 21.8. The third-order valence-electron chi connectivity index (χ3n) is 7.60. The lowest BCUT2D eigenvalue weighted by atomic mass is 10.0. The molecule has 0 unspecified atom stereocenters. The van der Waals surface area contributed by atoms with Gasteiger partial charge in [0, 0.05) is 28.8 Å². The van der Waals surface area contributed by atoms with Crippen molar-refractivity contribution in [1.29, 1.82) is 0 Å². The van der Waals surface area contributed by atoms with Gasteiger partial charge in [-0.1, -0.05) is 60.7 Å². The molecule has 0 bridgehead atoms. The minimum absolute atomic E-state index is 0.0347. The molecule has 4 N–H and O–H groups in total. The zero-order valence-electron chi connectivity index (χ0n) is 25.5. The maximum absolute atomic E-state index is 14.2. The molecule has 0 aromatic heterocycles. The van der Waals surface area contributed by atoms with Gasteiger partial charge in [0.25, 0.3) is 15.9 Å². The Morgan fingerprint density at radius 2 is 1.63 bits per heavy atom. The van der Waals surface area contributed by atoms with E-state index >= 15 is 0 Å². The van der Waals surface area contributed by atoms with E-state index in [9.17, 15) is 27.2 Å². The van der Waals surface area contributed by atoms with Crippen LogP contribution in [0.3, 0.4) is 0 Å². The standard InChI is InChI=1S/C35H35FN4O5S/c1-35(2,37)21-32(41)38-29-18-16-26-20-27(36)17-19-30(26)40(34(29)43)22-23-12-14-24(15-13-23)28-10-6-7-11-31(28)46(44,45)39-33(42)25-8-4-3-5-9-25/h3-15,17,19-20,29H,16,18,21-22,37H2,1-2H3,(H,38,41)(H,39,42)/t29-/m1/s1. The van der Waals surface area contributed by atoms with E-state index in [1.54, 1.807) is 80.6 Å². The Labute approximate surface area is 267 Å². The first-order valence-corrected chi connectivity index (χ1v) is 16.3. The number of halogens is 1. The van der Waals surface area contributed by atoms with Gasteiger partial charge >= 0.3 is 0 Å². The summed E-state index contributed by atoms with van der Waals surface area (Å²) in [5, 5.41) is 2.81. The average Bonchev–Trinajstić information content (AvgIpc) is 3.13. The van der Waals surface area contributed by atoms with E-state index in [2.05, 4.69) is 10.0 Å². The van der Waals surface area contributed by atoms with Crippen molar-refractivity contribution in [3.05, 3.63) is 120 Å². The van der Waals surface area contributed by atoms with Crippen molar-refractivity contribution in [2.75, 3.05) is 4.90 Å². The number of aryl methyl sites for hydroxylation is 1. The fourth-order valence-electron chi connectivity index (χ4n) is 5.44. The number of fused-ring (bicyclic) bond motifs is 1. The van der Waals surface area contributed by atoms with Crippen molar-refractivity contribution in [2.45, 2.75) is 56.1 Å². The predicted octanol–water partition coefficient (Wildman–Crippen LogP) is 4.70. The van der Waals surface area contributed by atoms with Crippen molar-refractivity contribution < 1.29 is 27.2 Å². The van der Waals surface area contributed by atoms with Gasteiger partial charge in [-0.05, 0) is 79.8 Å². The number of sulfonamides is 1. The van der Waals surface area contributed by atoms with Gasteiger partial charge < -0.3 is 16.0 Å². The Morgan fingerprint density at radius 1 is 0.957 bits per heavy atom. The maximum atomic E-state index is 14.2. The SMILES string of the molecule is CC(C)(N)CC(=O)N[C@@H]1CCc2cc(F)ccc2N(Cc2ccc(-c3ccccc3S(=O)(=O)NC(=O)c3ccccc3)cc2)C1=O. The lowest BCUT2D eigenvalue weighted by molar-refractivity contribution is -0.128. The molecule has 3 amide bonds. The molecule has 5 rings (SSSR count). The van der Waals surface area contributed by atoms with Crippen LogP contribution in [0.15, 0.2) is 102 Å². The molecule has 0 radical (unpaired) electrons. The lowest BCUT2D eigenvalue weighted by Gasteiger charge is -2.27. The van der Waals surface area contributed by atoms with E-state index < -0.39 is 33.3 Å². The van der Waals surface area contributed by atoms with Gasteiger partial charge in [-0.2, -0.15) is 0 Å². The third-order valence-corrected chi connectivity index (χ3v) is 8.98. The molecule has 0 fully saturated rings. The molecule has 0 spiro atoms. The molecular formula is C35H35FN4O5S. The summed E-state index contributed by atoms with van der Waals surface area (Å²) >= 11 is 0. The number of carbonyl (C=O) groups excluding carboxylic acids is 3. The Kier molecular flexibility index (Phi) is 9.36. The van der Waals surface area contributed by atoms with Crippen molar-refractivity contribution in [2.24, 2.45) is 5.73 Å². The van der Waals surface area contributed by atoms with E-state index in [0.717, 1.165) is 5.56 Å². The predicted molar refractivity (Wildman–Crippen MR) is 174 cm³/mol. The summed E-state index contributed by atoms with van der Waals surface area (Å²) in [6.07, 6.45) is 0.720. The number of carbonyl (C=O) groups is 3. The summed E-state index contributed by atoms with van der Waals surface area (Å²) in [6, 6.07) is 24.9. The van der Waals surface area contributed by atoms with Gasteiger partial charge in [-0.25, -0.2) is 17.5 Å². The Balaban J connectivity index is 1.40. The molecule has 9 nitrogen and oxygen atoms in total. The van der Waals surface area contributed by atoms with Gasteiger partial charge in [-0.3, -0.25) is 14.4 Å². The highest BCUT2D eigenvalue weighted by molar-refractivity contribution is 7.90. The van der Waals surface area contributed by atoms with E-state index in [0.29, 0.717) is 35.2 Å². The van der Waals surface area contributed by atoms with Gasteiger partial charge in [0.15, 0.2) is 0 Å². The van der Waals surface area contributed by atoms with Crippen LogP contribution >= 0.6 is 0 Å². The second-order valence-electron chi connectivity index (χ2n) is 12.0. The fourth-order valence-corrected chi connectivity index (χ4v) is 6.65. The monoisotopic (exact) mass is 642 g/mol. The topological polar surface area (TPSA) is 139 Å². The molecule has 238 valence electrons. The normalized spacial score (nSPS) is 15.1. The quantitative estimate of drug-likeness (QED) is 0.242. The highest BCUT2D eigenvalue weighted by Gasteiger charge is 2.32. The van der Waals surface area contributed by atoms with E-state index in [-0.39, 0.29) is 35.2 Å². The number of nitrogens with two attached hydrogens (primary N) is 1. The summed E-state index contributed by atoms with van der Waals surface area (Å²) in [7, 11) is -4.22. The summed E-state index contributed by atoms with van der Waals surface area (Å²) in [5.74, 6) is -1.84. The van der Waals surface area contributed by atoms with Crippen LogP contribution in [0.4, 0.5) is 10.1 Å². The van der Waals surface area contributed by atoms with Crippen molar-refractivity contribution in [1.82, 2.24) is 10.0 Å². The number of amides is 3. The number of nitrogens with one attached hydrogen (secondary N) is 2. The fraction of sp³-hybridized carbons (Fsp3) is 0.229. The second-order valence-corrected chi connectivity index (χ2v) is 13.7. The Bertz CT molecular complexity index is 1870. The summed E-state index contributed by atoms with van der Waals surface area (Å²) in [4.78, 5) is 40.6. The van der Waals surface area contributed by atoms with Gasteiger partial charge in [-0.15, -0.1) is 0 Å². The molecule has 0 aliphatic carbocycles. The van der Waals surface area contributed by atoms with Crippen molar-refractivity contribution in [3.8, 4) is 11.1 Å². The van der Waals surface area contributed by atoms with Crippen LogP contribution in [0.1, 0.15) is 48.2 Å². The smallest absolute Gasteiger partial charge is 0.264 e. The van der Waals surface area contributed by atoms with Crippen LogP contribution in [-0.2, 0) is 32.6 Å². The molecular weight excluding hydrogens is 607 g/mol. The largest absolute Gasteiger partial charge is 0.344 e. The summed E-state index contributed by atoms with van der Waals surface area (Å²) in [5.41, 5.74) is 8.36. The van der Waals surface area contributed by atoms with Gasteiger partial charge in [0.2, 0.25) is 11.8 Å². The first kappa shape index (κ1) is 32.5. The number of hydrogen-bond donors (Lipinski definition) is 3. The lowest BCUT2D eigenvalue weighted by Crippen LogP contribution is -2.49. The van der Waals surface area contributed by atoms with Crippen LogP contribution in [0.5, 0.6) is 0 Å². The molecule has 0 saturated heterocycles. The minimum Gasteiger partial charge on any atom is -0.344 e. The molecule has 1 aliphatic rings. The van der Waals surface area contributed by atoms with Crippen LogP contribution < -0.4 is 20.7 Å². The molecule has 4 aromatic carbocycles. The van der Waals surface area contributed by atoms with E-state index in [1.165, 1.54) is 35.2 Å². The minimum atomic E-state index is -4.22. The molecule has 1 heterocycles. The van der Waals surface area contributed by atoms with Crippen molar-refractivity contribution >= 4 is 33.4 Å². The van der Waals surface area contributed by atoms with E-state index in [4.69, 9.17) is 5.73 Å². The highest BCUT2D eigenvalue weighted by atomic mass is 32.2. The number of rotatable bonds is 9. The van der Waals surface area contributed by atoms with Crippen LogP contribution in [0.2, 0.25) is 0 Å². The summed E-state index contributed by atoms with van der Waals surface area (Å²) in [6.45, 7) is 3.58. The Morgan fingerprint density at radius 3 is 2.33 bits per heavy atom. The zero-order valence-corrected chi connectivity index (χ0v) is 26.3. The Hall–Kier alpha value is -4.87. The van der Waals surface area contributed by atoms with Crippen LogP contribution in [-0.4, -0.2) is 37.7 Å². The van der Waals surface area contributed by atoms with E-state index in [1.807, 2.05) is 0 Å². The molecule has 1 aliphatic heterocycles. The molecule has 4 aromatic rings. The first-order valence-electron chi connectivity index (χ1n) is 14.8.